The molecule has 0 atom stereocenters. The smallest absolute Gasteiger partial charge is 0.251 e. The molecule has 0 unspecified atom stereocenters. The number of phenols is 1. The van der Waals surface area contributed by atoms with Gasteiger partial charge in [-0.05, 0) is 61.6 Å². The third-order valence-corrected chi connectivity index (χ3v) is 6.54. The zero-order chi connectivity index (χ0) is 25.9. The first-order valence-corrected chi connectivity index (χ1v) is 12.2. The van der Waals surface area contributed by atoms with Gasteiger partial charge in [-0.3, -0.25) is 4.79 Å². The molecule has 2 aromatic heterocycles. The standard InChI is InChI=1S/C27H29N5O5/c1-28-25(35)16-5-12-21(22(13-16)36-2)30-27-31-24-23(20(14-29-24)15-3-6-17(33)7-4-15)26(32-27)37-19-10-8-18(34)9-11-19/h3-7,12-14,18-19,33-34H,8-11H2,1-2H3,(H,28,35)(H2,29,30,31,32)/t18-,19+. The molecule has 0 spiro atoms. The predicted molar refractivity (Wildman–Crippen MR) is 140 cm³/mol. The van der Waals surface area contributed by atoms with Crippen LogP contribution in [0.5, 0.6) is 17.4 Å². The van der Waals surface area contributed by atoms with Crippen molar-refractivity contribution in [3.63, 3.8) is 0 Å². The Hall–Kier alpha value is -4.31. The van der Waals surface area contributed by atoms with E-state index in [0.717, 1.165) is 29.4 Å². The predicted octanol–water partition coefficient (Wildman–Crippen LogP) is 4.12. The number of hydrogen-bond donors (Lipinski definition) is 5. The zero-order valence-corrected chi connectivity index (χ0v) is 20.6. The van der Waals surface area contributed by atoms with Crippen LogP contribution in [0.3, 0.4) is 0 Å². The lowest BCUT2D eigenvalue weighted by atomic mass is 9.95. The number of aromatic nitrogens is 3. The number of anilines is 2. The minimum Gasteiger partial charge on any atom is -0.508 e. The van der Waals surface area contributed by atoms with Crippen LogP contribution in [0.1, 0.15) is 36.0 Å². The van der Waals surface area contributed by atoms with Crippen molar-refractivity contribution in [1.82, 2.24) is 20.3 Å². The molecule has 2 heterocycles. The molecule has 1 saturated carbocycles. The van der Waals surface area contributed by atoms with E-state index in [9.17, 15) is 15.0 Å². The summed E-state index contributed by atoms with van der Waals surface area (Å²) in [4.78, 5) is 24.6. The highest BCUT2D eigenvalue weighted by atomic mass is 16.5. The number of rotatable bonds is 7. The Morgan fingerprint density at radius 1 is 1.08 bits per heavy atom. The summed E-state index contributed by atoms with van der Waals surface area (Å²) in [5.41, 5.74) is 3.36. The molecule has 5 rings (SSSR count). The van der Waals surface area contributed by atoms with Gasteiger partial charge in [0.05, 0.1) is 24.3 Å². The van der Waals surface area contributed by atoms with Gasteiger partial charge in [0.15, 0.2) is 0 Å². The summed E-state index contributed by atoms with van der Waals surface area (Å²) in [6.45, 7) is 0. The highest BCUT2D eigenvalue weighted by Crippen LogP contribution is 2.37. The highest BCUT2D eigenvalue weighted by Gasteiger charge is 2.24. The lowest BCUT2D eigenvalue weighted by molar-refractivity contribution is 0.0652. The Morgan fingerprint density at radius 3 is 2.54 bits per heavy atom. The van der Waals surface area contributed by atoms with E-state index in [-0.39, 0.29) is 23.9 Å². The first-order chi connectivity index (χ1) is 17.9. The number of aromatic amines is 1. The van der Waals surface area contributed by atoms with Crippen molar-refractivity contribution in [2.45, 2.75) is 37.9 Å². The van der Waals surface area contributed by atoms with Crippen LogP contribution in [0.15, 0.2) is 48.7 Å². The molecule has 1 amide bonds. The fraction of sp³-hybridized carbons (Fsp3) is 0.296. The van der Waals surface area contributed by atoms with Crippen molar-refractivity contribution in [2.75, 3.05) is 19.5 Å². The molecule has 5 N–H and O–H groups in total. The number of ether oxygens (including phenoxy) is 2. The number of phenolic OH excluding ortho intramolecular Hbond substituents is 1. The first kappa shape index (κ1) is 24.4. The van der Waals surface area contributed by atoms with Crippen molar-refractivity contribution in [3.05, 3.63) is 54.2 Å². The number of fused-ring (bicyclic) bond motifs is 1. The van der Waals surface area contributed by atoms with Gasteiger partial charge >= 0.3 is 0 Å². The molecule has 2 aromatic carbocycles. The Kier molecular flexibility index (Phi) is 6.82. The number of aliphatic hydroxyl groups is 1. The summed E-state index contributed by atoms with van der Waals surface area (Å²) >= 11 is 0. The van der Waals surface area contributed by atoms with Crippen LogP contribution in [0.25, 0.3) is 22.2 Å². The molecule has 192 valence electrons. The van der Waals surface area contributed by atoms with Crippen LogP contribution >= 0.6 is 0 Å². The Labute approximate surface area is 213 Å². The maximum Gasteiger partial charge on any atom is 0.251 e. The monoisotopic (exact) mass is 503 g/mol. The van der Waals surface area contributed by atoms with Gasteiger partial charge < -0.3 is 35.3 Å². The average molecular weight is 504 g/mol. The number of methoxy groups -OCH3 is 1. The van der Waals surface area contributed by atoms with E-state index in [1.807, 2.05) is 18.3 Å². The fourth-order valence-corrected chi connectivity index (χ4v) is 4.53. The van der Waals surface area contributed by atoms with Gasteiger partial charge in [-0.15, -0.1) is 0 Å². The first-order valence-electron chi connectivity index (χ1n) is 12.2. The molecule has 10 heteroatoms. The summed E-state index contributed by atoms with van der Waals surface area (Å²) in [6, 6.07) is 12.0. The molecular formula is C27H29N5O5. The van der Waals surface area contributed by atoms with Crippen molar-refractivity contribution < 1.29 is 24.5 Å². The number of aliphatic hydroxyl groups excluding tert-OH is 1. The Bertz CT molecular complexity index is 1410. The van der Waals surface area contributed by atoms with E-state index >= 15 is 0 Å². The van der Waals surface area contributed by atoms with Crippen molar-refractivity contribution in [3.8, 4) is 28.5 Å². The zero-order valence-electron chi connectivity index (χ0n) is 20.6. The Balaban J connectivity index is 1.54. The molecule has 1 aliphatic rings. The van der Waals surface area contributed by atoms with Crippen LogP contribution in [-0.2, 0) is 0 Å². The summed E-state index contributed by atoms with van der Waals surface area (Å²) in [5.74, 6) is 1.14. The second-order valence-corrected chi connectivity index (χ2v) is 8.99. The van der Waals surface area contributed by atoms with Crippen LogP contribution in [0, 0.1) is 0 Å². The number of amides is 1. The lowest BCUT2D eigenvalue weighted by Gasteiger charge is -2.26. The molecule has 0 saturated heterocycles. The van der Waals surface area contributed by atoms with Gasteiger partial charge in [-0.25, -0.2) is 0 Å². The molecule has 0 aliphatic heterocycles. The van der Waals surface area contributed by atoms with Gasteiger partial charge in [-0.2, -0.15) is 9.97 Å². The van der Waals surface area contributed by atoms with Crippen LogP contribution in [0.4, 0.5) is 11.6 Å². The number of H-pyrrole nitrogens is 1. The molecule has 10 nitrogen and oxygen atoms in total. The minimum absolute atomic E-state index is 0.0849. The van der Waals surface area contributed by atoms with E-state index < -0.39 is 0 Å². The van der Waals surface area contributed by atoms with Crippen molar-refractivity contribution in [1.29, 1.82) is 0 Å². The number of hydrogen-bond acceptors (Lipinski definition) is 8. The molecule has 0 bridgehead atoms. The number of carbonyl (C=O) groups is 1. The largest absolute Gasteiger partial charge is 0.508 e. The molecular weight excluding hydrogens is 474 g/mol. The number of carbonyl (C=O) groups excluding carboxylic acids is 1. The second kappa shape index (κ2) is 10.4. The fourth-order valence-electron chi connectivity index (χ4n) is 4.53. The second-order valence-electron chi connectivity index (χ2n) is 8.99. The van der Waals surface area contributed by atoms with Crippen LogP contribution < -0.4 is 20.1 Å². The van der Waals surface area contributed by atoms with E-state index in [0.29, 0.717) is 47.3 Å². The number of aromatic hydroxyl groups is 1. The van der Waals surface area contributed by atoms with E-state index in [2.05, 4.69) is 20.6 Å². The van der Waals surface area contributed by atoms with Gasteiger partial charge in [0, 0.05) is 24.4 Å². The van der Waals surface area contributed by atoms with E-state index in [1.54, 1.807) is 37.4 Å². The summed E-state index contributed by atoms with van der Waals surface area (Å²) in [6.07, 6.45) is 4.26. The maximum absolute atomic E-state index is 12.0. The number of nitrogens with one attached hydrogen (secondary N) is 3. The minimum atomic E-state index is -0.299. The van der Waals surface area contributed by atoms with Crippen molar-refractivity contribution in [2.24, 2.45) is 0 Å². The highest BCUT2D eigenvalue weighted by molar-refractivity contribution is 5.98. The SMILES string of the molecule is CNC(=O)c1ccc(Nc2nc(O[C@H]3CC[C@@H](O)CC3)c3c(-c4ccc(O)cc4)c[nH]c3n2)c(OC)c1. The number of benzene rings is 2. The quantitative estimate of drug-likeness (QED) is 0.254. The topological polar surface area (TPSA) is 142 Å². The van der Waals surface area contributed by atoms with E-state index in [1.165, 1.54) is 7.11 Å². The van der Waals surface area contributed by atoms with Crippen LogP contribution in [-0.4, -0.2) is 57.4 Å². The van der Waals surface area contributed by atoms with E-state index in [4.69, 9.17) is 14.5 Å². The van der Waals surface area contributed by atoms with Gasteiger partial charge in [0.2, 0.25) is 11.8 Å². The Morgan fingerprint density at radius 2 is 1.84 bits per heavy atom. The number of nitrogens with zero attached hydrogens (tertiary/aromatic N) is 2. The van der Waals surface area contributed by atoms with Gasteiger partial charge in [0.1, 0.15) is 23.3 Å². The van der Waals surface area contributed by atoms with Crippen LogP contribution in [0.2, 0.25) is 0 Å². The normalized spacial score (nSPS) is 17.4. The van der Waals surface area contributed by atoms with Gasteiger partial charge in [-0.1, -0.05) is 12.1 Å². The van der Waals surface area contributed by atoms with Gasteiger partial charge in [0.25, 0.3) is 5.91 Å². The summed E-state index contributed by atoms with van der Waals surface area (Å²) in [5, 5.41) is 26.2. The molecule has 37 heavy (non-hydrogen) atoms. The third kappa shape index (κ3) is 5.14. The lowest BCUT2D eigenvalue weighted by Crippen LogP contribution is -2.27. The maximum atomic E-state index is 12.0. The molecule has 4 aromatic rings. The molecule has 1 aliphatic carbocycles. The molecule has 1 fully saturated rings. The molecule has 0 radical (unpaired) electrons. The average Bonchev–Trinajstić information content (AvgIpc) is 3.34. The summed E-state index contributed by atoms with van der Waals surface area (Å²) < 4.78 is 11.9. The summed E-state index contributed by atoms with van der Waals surface area (Å²) in [7, 11) is 3.10. The third-order valence-electron chi connectivity index (χ3n) is 6.54. The van der Waals surface area contributed by atoms with Crippen molar-refractivity contribution >= 4 is 28.6 Å².